The maximum Gasteiger partial charge on any atom is 0.0497 e. The molecule has 0 aromatic heterocycles. The fraction of sp³-hybridized carbons (Fsp3) is 1.00. The summed E-state index contributed by atoms with van der Waals surface area (Å²) in [4.78, 5) is 0. The van der Waals surface area contributed by atoms with Crippen molar-refractivity contribution in [2.24, 2.45) is 11.8 Å². The average Bonchev–Trinajstić information content (AvgIpc) is 2.48. The van der Waals surface area contributed by atoms with E-state index in [1.165, 1.54) is 38.6 Å². The minimum Gasteiger partial charge on any atom is -0.381 e. The molecule has 0 aliphatic heterocycles. The summed E-state index contributed by atoms with van der Waals surface area (Å²) in [5.74, 6) is 1.62. The summed E-state index contributed by atoms with van der Waals surface area (Å²) >= 11 is 0. The SMILES string of the molecule is CCOCC1CCCCCC1CNC(C)C. The highest BCUT2D eigenvalue weighted by molar-refractivity contribution is 4.76. The molecular formula is C14H29NO. The van der Waals surface area contributed by atoms with Crippen LogP contribution in [-0.4, -0.2) is 25.8 Å². The van der Waals surface area contributed by atoms with Crippen LogP contribution >= 0.6 is 0 Å². The highest BCUT2D eigenvalue weighted by Gasteiger charge is 2.23. The lowest BCUT2D eigenvalue weighted by Crippen LogP contribution is -2.33. The number of hydrogen-bond donors (Lipinski definition) is 1. The first-order valence-electron chi connectivity index (χ1n) is 7.05. The van der Waals surface area contributed by atoms with E-state index in [-0.39, 0.29) is 0 Å². The van der Waals surface area contributed by atoms with Crippen LogP contribution in [0.25, 0.3) is 0 Å². The van der Waals surface area contributed by atoms with Gasteiger partial charge in [0.25, 0.3) is 0 Å². The number of hydrogen-bond acceptors (Lipinski definition) is 2. The van der Waals surface area contributed by atoms with Crippen LogP contribution in [0.1, 0.15) is 52.9 Å². The summed E-state index contributed by atoms with van der Waals surface area (Å²) in [6.45, 7) is 9.57. The van der Waals surface area contributed by atoms with E-state index in [0.717, 1.165) is 25.0 Å². The molecule has 0 heterocycles. The van der Waals surface area contributed by atoms with E-state index < -0.39 is 0 Å². The first-order chi connectivity index (χ1) is 7.74. The summed E-state index contributed by atoms with van der Waals surface area (Å²) in [6, 6.07) is 0.607. The van der Waals surface area contributed by atoms with Gasteiger partial charge in [-0.05, 0) is 38.1 Å². The minimum absolute atomic E-state index is 0.607. The van der Waals surface area contributed by atoms with Crippen LogP contribution in [0, 0.1) is 11.8 Å². The highest BCUT2D eigenvalue weighted by atomic mass is 16.5. The molecule has 2 heteroatoms. The summed E-state index contributed by atoms with van der Waals surface area (Å²) in [7, 11) is 0. The average molecular weight is 227 g/mol. The summed E-state index contributed by atoms with van der Waals surface area (Å²) in [5, 5.41) is 3.59. The Hall–Kier alpha value is -0.0800. The monoisotopic (exact) mass is 227 g/mol. The topological polar surface area (TPSA) is 21.3 Å². The van der Waals surface area contributed by atoms with Gasteiger partial charge in [0.1, 0.15) is 0 Å². The van der Waals surface area contributed by atoms with Crippen LogP contribution in [0.2, 0.25) is 0 Å². The largest absolute Gasteiger partial charge is 0.381 e. The zero-order valence-electron chi connectivity index (χ0n) is 11.3. The molecule has 1 fully saturated rings. The lowest BCUT2D eigenvalue weighted by molar-refractivity contribution is 0.0811. The van der Waals surface area contributed by atoms with E-state index in [0.29, 0.717) is 6.04 Å². The third-order valence-electron chi connectivity index (χ3n) is 3.64. The lowest BCUT2D eigenvalue weighted by atomic mass is 9.88. The van der Waals surface area contributed by atoms with Gasteiger partial charge in [-0.2, -0.15) is 0 Å². The molecule has 96 valence electrons. The predicted octanol–water partition coefficient (Wildman–Crippen LogP) is 3.22. The fourth-order valence-electron chi connectivity index (χ4n) is 2.61. The molecule has 2 nitrogen and oxygen atoms in total. The van der Waals surface area contributed by atoms with Crippen molar-refractivity contribution in [3.8, 4) is 0 Å². The smallest absolute Gasteiger partial charge is 0.0497 e. The molecule has 1 aliphatic rings. The van der Waals surface area contributed by atoms with Gasteiger partial charge in [-0.15, -0.1) is 0 Å². The van der Waals surface area contributed by atoms with Gasteiger partial charge in [0.05, 0.1) is 0 Å². The molecule has 0 radical (unpaired) electrons. The maximum atomic E-state index is 5.64. The van der Waals surface area contributed by atoms with E-state index >= 15 is 0 Å². The molecule has 2 unspecified atom stereocenters. The second-order valence-corrected chi connectivity index (χ2v) is 5.38. The Morgan fingerprint density at radius 3 is 2.44 bits per heavy atom. The normalized spacial score (nSPS) is 27.0. The predicted molar refractivity (Wildman–Crippen MR) is 69.7 cm³/mol. The Kier molecular flexibility index (Phi) is 7.06. The molecule has 2 atom stereocenters. The molecule has 1 aliphatic carbocycles. The van der Waals surface area contributed by atoms with Crippen molar-refractivity contribution in [2.45, 2.75) is 58.9 Å². The highest BCUT2D eigenvalue weighted by Crippen LogP contribution is 2.28. The van der Waals surface area contributed by atoms with E-state index in [9.17, 15) is 0 Å². The zero-order chi connectivity index (χ0) is 11.8. The maximum absolute atomic E-state index is 5.64. The Balaban J connectivity index is 2.38. The van der Waals surface area contributed by atoms with Crippen molar-refractivity contribution in [1.82, 2.24) is 5.32 Å². The second kappa shape index (κ2) is 8.08. The summed E-state index contributed by atoms with van der Waals surface area (Å²) in [6.07, 6.45) is 6.98. The second-order valence-electron chi connectivity index (χ2n) is 5.38. The van der Waals surface area contributed by atoms with Gasteiger partial charge in [0, 0.05) is 19.3 Å². The lowest BCUT2D eigenvalue weighted by Gasteiger charge is -2.26. The van der Waals surface area contributed by atoms with Gasteiger partial charge < -0.3 is 10.1 Å². The van der Waals surface area contributed by atoms with Crippen molar-refractivity contribution in [3.05, 3.63) is 0 Å². The molecule has 0 aromatic rings. The standard InChI is InChI=1S/C14H29NO/c1-4-16-11-14-9-7-5-6-8-13(14)10-15-12(2)3/h12-15H,4-11H2,1-3H3. The molecule has 0 spiro atoms. The molecule has 16 heavy (non-hydrogen) atoms. The summed E-state index contributed by atoms with van der Waals surface area (Å²) < 4.78 is 5.64. The minimum atomic E-state index is 0.607. The first kappa shape index (κ1) is 14.0. The first-order valence-corrected chi connectivity index (χ1v) is 7.05. The molecule has 1 N–H and O–H groups in total. The Bertz CT molecular complexity index is 170. The van der Waals surface area contributed by atoms with Gasteiger partial charge in [0.2, 0.25) is 0 Å². The molecule has 0 aromatic carbocycles. The molecule has 1 saturated carbocycles. The van der Waals surface area contributed by atoms with Gasteiger partial charge in [-0.3, -0.25) is 0 Å². The van der Waals surface area contributed by atoms with E-state index in [4.69, 9.17) is 4.74 Å². The number of nitrogens with one attached hydrogen (secondary N) is 1. The van der Waals surface area contributed by atoms with Crippen LogP contribution < -0.4 is 5.32 Å². The van der Waals surface area contributed by atoms with Gasteiger partial charge in [-0.25, -0.2) is 0 Å². The molecular weight excluding hydrogens is 198 g/mol. The molecule has 1 rings (SSSR count). The van der Waals surface area contributed by atoms with E-state index in [2.05, 4.69) is 26.1 Å². The zero-order valence-corrected chi connectivity index (χ0v) is 11.3. The third kappa shape index (κ3) is 5.31. The third-order valence-corrected chi connectivity index (χ3v) is 3.64. The Morgan fingerprint density at radius 1 is 1.12 bits per heavy atom. The van der Waals surface area contributed by atoms with Crippen molar-refractivity contribution >= 4 is 0 Å². The van der Waals surface area contributed by atoms with Crippen molar-refractivity contribution in [1.29, 1.82) is 0 Å². The van der Waals surface area contributed by atoms with Crippen LogP contribution in [0.15, 0.2) is 0 Å². The van der Waals surface area contributed by atoms with E-state index in [1.54, 1.807) is 0 Å². The van der Waals surface area contributed by atoms with Crippen LogP contribution in [0.5, 0.6) is 0 Å². The van der Waals surface area contributed by atoms with E-state index in [1.807, 2.05) is 0 Å². The fourth-order valence-corrected chi connectivity index (χ4v) is 2.61. The summed E-state index contributed by atoms with van der Waals surface area (Å²) in [5.41, 5.74) is 0. The van der Waals surface area contributed by atoms with Crippen LogP contribution in [0.3, 0.4) is 0 Å². The van der Waals surface area contributed by atoms with Crippen molar-refractivity contribution < 1.29 is 4.74 Å². The van der Waals surface area contributed by atoms with Crippen LogP contribution in [-0.2, 0) is 4.74 Å². The Morgan fingerprint density at radius 2 is 1.81 bits per heavy atom. The molecule has 0 saturated heterocycles. The molecule has 0 amide bonds. The van der Waals surface area contributed by atoms with Gasteiger partial charge in [0.15, 0.2) is 0 Å². The molecule has 0 bridgehead atoms. The number of ether oxygens (including phenoxy) is 1. The Labute approximate surface area is 101 Å². The van der Waals surface area contributed by atoms with Crippen LogP contribution in [0.4, 0.5) is 0 Å². The van der Waals surface area contributed by atoms with Crippen molar-refractivity contribution in [3.63, 3.8) is 0 Å². The quantitative estimate of drug-likeness (QED) is 0.704. The van der Waals surface area contributed by atoms with Gasteiger partial charge in [-0.1, -0.05) is 33.1 Å². The number of rotatable bonds is 6. The van der Waals surface area contributed by atoms with Crippen molar-refractivity contribution in [2.75, 3.05) is 19.8 Å². The van der Waals surface area contributed by atoms with Gasteiger partial charge >= 0.3 is 0 Å².